The summed E-state index contributed by atoms with van der Waals surface area (Å²) in [7, 11) is 1.56. The fourth-order valence-corrected chi connectivity index (χ4v) is 2.95. The number of amidine groups is 1. The lowest BCUT2D eigenvalue weighted by Crippen LogP contribution is -2.31. The van der Waals surface area contributed by atoms with Gasteiger partial charge < -0.3 is 15.4 Å². The van der Waals surface area contributed by atoms with Gasteiger partial charge in [0.25, 0.3) is 11.8 Å². The van der Waals surface area contributed by atoms with Crippen LogP contribution in [0.4, 0.5) is 4.39 Å². The second-order valence-corrected chi connectivity index (χ2v) is 6.38. The SMILES string of the molecule is COCCCNC(=O)/C(C#N)=C1\N=C(NC(=O)c2ccccc2F)c2ccccc21. The second kappa shape index (κ2) is 9.58. The number of fused-ring (bicyclic) bond motifs is 1. The maximum atomic E-state index is 13.9. The predicted octanol–water partition coefficient (Wildman–Crippen LogP) is 2.40. The summed E-state index contributed by atoms with van der Waals surface area (Å²) >= 11 is 0. The first-order chi connectivity index (χ1) is 14.6. The van der Waals surface area contributed by atoms with Crippen LogP contribution in [0.25, 0.3) is 5.70 Å². The smallest absolute Gasteiger partial charge is 0.264 e. The summed E-state index contributed by atoms with van der Waals surface area (Å²) in [6, 6.07) is 14.4. The van der Waals surface area contributed by atoms with E-state index < -0.39 is 17.6 Å². The molecule has 8 heteroatoms. The maximum absolute atomic E-state index is 13.9. The third kappa shape index (κ3) is 4.42. The molecule has 0 spiro atoms. The van der Waals surface area contributed by atoms with Crippen molar-refractivity contribution in [1.29, 1.82) is 5.26 Å². The Morgan fingerprint density at radius 1 is 1.13 bits per heavy atom. The van der Waals surface area contributed by atoms with Crippen molar-refractivity contribution in [3.05, 3.63) is 76.6 Å². The van der Waals surface area contributed by atoms with E-state index in [4.69, 9.17) is 4.74 Å². The van der Waals surface area contributed by atoms with Gasteiger partial charge in [-0.2, -0.15) is 5.26 Å². The number of nitrogens with one attached hydrogen (secondary N) is 2. The molecule has 1 heterocycles. The molecule has 0 atom stereocenters. The molecule has 0 unspecified atom stereocenters. The summed E-state index contributed by atoms with van der Waals surface area (Å²) in [5.74, 6) is -1.76. The number of methoxy groups -OCH3 is 1. The molecule has 1 aliphatic heterocycles. The van der Waals surface area contributed by atoms with Crippen LogP contribution < -0.4 is 10.6 Å². The third-order valence-corrected chi connectivity index (χ3v) is 4.40. The van der Waals surface area contributed by atoms with Crippen LogP contribution in [0, 0.1) is 17.1 Å². The summed E-state index contributed by atoms with van der Waals surface area (Å²) < 4.78 is 18.9. The van der Waals surface area contributed by atoms with Crippen LogP contribution in [0.3, 0.4) is 0 Å². The zero-order valence-corrected chi connectivity index (χ0v) is 16.2. The lowest BCUT2D eigenvalue weighted by molar-refractivity contribution is -0.117. The minimum Gasteiger partial charge on any atom is -0.385 e. The van der Waals surface area contributed by atoms with Crippen LogP contribution in [-0.4, -0.2) is 37.9 Å². The molecule has 0 aromatic heterocycles. The van der Waals surface area contributed by atoms with Crippen molar-refractivity contribution in [2.24, 2.45) is 4.99 Å². The molecule has 2 N–H and O–H groups in total. The van der Waals surface area contributed by atoms with Crippen LogP contribution >= 0.6 is 0 Å². The lowest BCUT2D eigenvalue weighted by atomic mass is 10.0. The van der Waals surface area contributed by atoms with Crippen molar-refractivity contribution >= 4 is 23.3 Å². The minimum atomic E-state index is -0.676. The number of hydrogen-bond acceptors (Lipinski definition) is 5. The summed E-state index contributed by atoms with van der Waals surface area (Å²) in [4.78, 5) is 29.3. The Bertz CT molecular complexity index is 1090. The molecular formula is C22H19FN4O3. The van der Waals surface area contributed by atoms with E-state index >= 15 is 0 Å². The molecule has 152 valence electrons. The van der Waals surface area contributed by atoms with E-state index in [1.54, 1.807) is 37.4 Å². The van der Waals surface area contributed by atoms with Crippen molar-refractivity contribution < 1.29 is 18.7 Å². The number of nitriles is 1. The van der Waals surface area contributed by atoms with Crippen LogP contribution in [0.2, 0.25) is 0 Å². The van der Waals surface area contributed by atoms with Crippen molar-refractivity contribution in [2.75, 3.05) is 20.3 Å². The second-order valence-electron chi connectivity index (χ2n) is 6.38. The van der Waals surface area contributed by atoms with E-state index in [0.29, 0.717) is 30.7 Å². The van der Waals surface area contributed by atoms with Gasteiger partial charge in [-0.15, -0.1) is 0 Å². The van der Waals surface area contributed by atoms with Gasteiger partial charge in [0.15, 0.2) is 0 Å². The van der Waals surface area contributed by atoms with E-state index in [2.05, 4.69) is 15.6 Å². The number of amides is 2. The molecule has 0 bridgehead atoms. The van der Waals surface area contributed by atoms with Gasteiger partial charge in [0.2, 0.25) is 0 Å². The zero-order chi connectivity index (χ0) is 21.5. The Labute approximate surface area is 172 Å². The number of ether oxygens (including phenoxy) is 1. The van der Waals surface area contributed by atoms with E-state index in [9.17, 15) is 19.2 Å². The van der Waals surface area contributed by atoms with Gasteiger partial charge in [0, 0.05) is 31.4 Å². The largest absolute Gasteiger partial charge is 0.385 e. The summed E-state index contributed by atoms with van der Waals surface area (Å²) in [6.07, 6.45) is 0.597. The molecular weight excluding hydrogens is 387 g/mol. The molecule has 0 radical (unpaired) electrons. The highest BCUT2D eigenvalue weighted by molar-refractivity contribution is 6.20. The molecule has 7 nitrogen and oxygen atoms in total. The number of carbonyl (C=O) groups is 2. The normalized spacial score (nSPS) is 13.7. The molecule has 2 aromatic carbocycles. The van der Waals surface area contributed by atoms with Gasteiger partial charge in [0.05, 0.1) is 11.3 Å². The lowest BCUT2D eigenvalue weighted by Gasteiger charge is -2.06. The monoisotopic (exact) mass is 406 g/mol. The first kappa shape index (κ1) is 20.9. The van der Waals surface area contributed by atoms with Crippen molar-refractivity contribution in [3.8, 4) is 6.07 Å². The molecule has 0 saturated carbocycles. The summed E-state index contributed by atoms with van der Waals surface area (Å²) in [5.41, 5.74) is 0.921. The van der Waals surface area contributed by atoms with Gasteiger partial charge in [0.1, 0.15) is 23.3 Å². The quantitative estimate of drug-likeness (QED) is 0.437. The number of nitrogens with zero attached hydrogens (tertiary/aromatic N) is 2. The molecule has 0 aliphatic carbocycles. The Morgan fingerprint density at radius 2 is 1.83 bits per heavy atom. The average molecular weight is 406 g/mol. The van der Waals surface area contributed by atoms with E-state index in [1.807, 2.05) is 6.07 Å². The van der Waals surface area contributed by atoms with E-state index in [-0.39, 0.29) is 22.7 Å². The standard InChI is InChI=1S/C22H19FN4O3/c1-30-12-6-11-25-21(28)17(13-24)19-14-7-2-3-8-15(14)20(26-19)27-22(29)16-9-4-5-10-18(16)23/h2-5,7-10H,6,11-12H2,1H3,(H,25,28)(H,26,27,29)/b19-17-. The molecule has 0 saturated heterocycles. The summed E-state index contributed by atoms with van der Waals surface area (Å²) in [5, 5.41) is 14.8. The third-order valence-electron chi connectivity index (χ3n) is 4.40. The van der Waals surface area contributed by atoms with Crippen LogP contribution in [0.5, 0.6) is 0 Å². The number of aliphatic imine (C=N–C) groups is 1. The number of benzene rings is 2. The fourth-order valence-electron chi connectivity index (χ4n) is 2.95. The molecule has 2 aromatic rings. The van der Waals surface area contributed by atoms with Crippen molar-refractivity contribution in [1.82, 2.24) is 10.6 Å². The minimum absolute atomic E-state index is 0.133. The Morgan fingerprint density at radius 3 is 2.53 bits per heavy atom. The first-order valence-electron chi connectivity index (χ1n) is 9.22. The molecule has 30 heavy (non-hydrogen) atoms. The topological polar surface area (TPSA) is 104 Å². The fraction of sp³-hybridized carbons (Fsp3) is 0.182. The maximum Gasteiger partial charge on any atom is 0.264 e. The van der Waals surface area contributed by atoms with E-state index in [1.165, 1.54) is 18.2 Å². The molecule has 0 fully saturated rings. The average Bonchev–Trinajstić information content (AvgIpc) is 3.10. The van der Waals surface area contributed by atoms with Gasteiger partial charge in [-0.25, -0.2) is 9.38 Å². The first-order valence-corrected chi connectivity index (χ1v) is 9.22. The van der Waals surface area contributed by atoms with Crippen LogP contribution in [0.15, 0.2) is 59.1 Å². The summed E-state index contributed by atoms with van der Waals surface area (Å²) in [6.45, 7) is 0.819. The van der Waals surface area contributed by atoms with Crippen molar-refractivity contribution in [2.45, 2.75) is 6.42 Å². The van der Waals surface area contributed by atoms with Crippen LogP contribution in [-0.2, 0) is 9.53 Å². The van der Waals surface area contributed by atoms with Crippen molar-refractivity contribution in [3.63, 3.8) is 0 Å². The highest BCUT2D eigenvalue weighted by Gasteiger charge is 2.27. The Kier molecular flexibility index (Phi) is 6.67. The molecule has 1 aliphatic rings. The van der Waals surface area contributed by atoms with Gasteiger partial charge in [-0.1, -0.05) is 36.4 Å². The number of halogens is 1. The van der Waals surface area contributed by atoms with Gasteiger partial charge in [-0.3, -0.25) is 9.59 Å². The van der Waals surface area contributed by atoms with Gasteiger partial charge >= 0.3 is 0 Å². The highest BCUT2D eigenvalue weighted by atomic mass is 19.1. The number of rotatable bonds is 6. The number of hydrogen-bond donors (Lipinski definition) is 2. The predicted molar refractivity (Wildman–Crippen MR) is 109 cm³/mol. The zero-order valence-electron chi connectivity index (χ0n) is 16.2. The van der Waals surface area contributed by atoms with E-state index in [0.717, 1.165) is 0 Å². The number of carbonyl (C=O) groups excluding carboxylic acids is 2. The van der Waals surface area contributed by atoms with Crippen LogP contribution in [0.1, 0.15) is 27.9 Å². The highest BCUT2D eigenvalue weighted by Crippen LogP contribution is 2.30. The Hall–Kier alpha value is -3.83. The molecule has 2 amide bonds. The Balaban J connectivity index is 1.92. The van der Waals surface area contributed by atoms with Gasteiger partial charge in [-0.05, 0) is 18.6 Å². The molecule has 3 rings (SSSR count).